The van der Waals surface area contributed by atoms with Gasteiger partial charge in [0.05, 0.1) is 18.6 Å². The van der Waals surface area contributed by atoms with E-state index in [-0.39, 0.29) is 30.7 Å². The molecular weight excluding hydrogens is 471 g/mol. The molecule has 0 radical (unpaired) electrons. The van der Waals surface area contributed by atoms with Crippen LogP contribution in [-0.2, 0) is 24.2 Å². The summed E-state index contributed by atoms with van der Waals surface area (Å²) in [5.41, 5.74) is 3.11. The number of halogens is 1. The van der Waals surface area contributed by atoms with Gasteiger partial charge in [-0.2, -0.15) is 5.10 Å². The zero-order valence-corrected chi connectivity index (χ0v) is 21.2. The quantitative estimate of drug-likeness (QED) is 0.371. The van der Waals surface area contributed by atoms with Crippen molar-refractivity contribution in [3.8, 4) is 11.3 Å². The van der Waals surface area contributed by atoms with Crippen LogP contribution in [0.25, 0.3) is 16.9 Å². The van der Waals surface area contributed by atoms with Crippen LogP contribution in [0.3, 0.4) is 0 Å². The lowest BCUT2D eigenvalue weighted by atomic mass is 10.0. The number of ketones is 1. The first-order chi connectivity index (χ1) is 17.9. The van der Waals surface area contributed by atoms with Gasteiger partial charge in [-0.25, -0.2) is 18.9 Å². The summed E-state index contributed by atoms with van der Waals surface area (Å²) in [6, 6.07) is 8.47. The SMILES string of the molecule is CCc1cc(C(=O)N2CCCCCC2C)nc2cc(-c3ccc(CC(=O)Cn4ccnc4)cc3F)nn12. The number of aryl methyl sites for hydroxylation is 1. The fraction of sp³-hybridized carbons (Fsp3) is 0.393. The van der Waals surface area contributed by atoms with E-state index in [1.54, 1.807) is 52.1 Å². The van der Waals surface area contributed by atoms with Gasteiger partial charge in [-0.1, -0.05) is 25.8 Å². The molecule has 1 amide bonds. The Balaban J connectivity index is 1.40. The maximum Gasteiger partial charge on any atom is 0.272 e. The number of hydrogen-bond acceptors (Lipinski definition) is 5. The molecule has 1 saturated heterocycles. The maximum atomic E-state index is 15.1. The van der Waals surface area contributed by atoms with E-state index in [0.29, 0.717) is 34.6 Å². The Bertz CT molecular complexity index is 1430. The lowest BCUT2D eigenvalue weighted by Gasteiger charge is -2.27. The van der Waals surface area contributed by atoms with Gasteiger partial charge in [0.15, 0.2) is 11.4 Å². The average molecular weight is 503 g/mol. The van der Waals surface area contributed by atoms with Crippen LogP contribution >= 0.6 is 0 Å². The Labute approximate surface area is 215 Å². The van der Waals surface area contributed by atoms with Crippen LogP contribution in [0.15, 0.2) is 49.1 Å². The lowest BCUT2D eigenvalue weighted by Crippen LogP contribution is -2.38. The number of Topliss-reactive ketones (excluding diaryl/α,β-unsaturated/α-hetero) is 1. The summed E-state index contributed by atoms with van der Waals surface area (Å²) in [4.78, 5) is 36.2. The van der Waals surface area contributed by atoms with E-state index in [0.717, 1.165) is 37.9 Å². The molecule has 9 heteroatoms. The van der Waals surface area contributed by atoms with Crippen LogP contribution < -0.4 is 0 Å². The summed E-state index contributed by atoms with van der Waals surface area (Å²) in [7, 11) is 0. The standard InChI is InChI=1S/C28H31FN6O2/c1-3-21-15-26(28(37)34-11-6-4-5-7-19(34)2)31-27-16-25(32-35(21)27)23-9-8-20(14-24(23)29)13-22(36)17-33-12-10-30-18-33/h8-10,12,14-16,18-19H,3-7,11,13,17H2,1-2H3. The highest BCUT2D eigenvalue weighted by molar-refractivity contribution is 5.93. The summed E-state index contributed by atoms with van der Waals surface area (Å²) in [6.07, 6.45) is 9.95. The summed E-state index contributed by atoms with van der Waals surface area (Å²) in [6.45, 7) is 5.02. The third-order valence-corrected chi connectivity index (χ3v) is 7.02. The second-order valence-electron chi connectivity index (χ2n) is 9.75. The van der Waals surface area contributed by atoms with Gasteiger partial charge in [-0.3, -0.25) is 9.59 Å². The number of aromatic nitrogens is 5. The zero-order valence-electron chi connectivity index (χ0n) is 21.2. The molecule has 1 aliphatic heterocycles. The number of benzene rings is 1. The molecule has 192 valence electrons. The Morgan fingerprint density at radius 2 is 2.00 bits per heavy atom. The van der Waals surface area contributed by atoms with Gasteiger partial charge >= 0.3 is 0 Å². The third-order valence-electron chi connectivity index (χ3n) is 7.02. The minimum Gasteiger partial charge on any atom is -0.335 e. The first-order valence-electron chi connectivity index (χ1n) is 12.9. The highest BCUT2D eigenvalue weighted by atomic mass is 19.1. The molecule has 1 fully saturated rings. The molecule has 1 aliphatic rings. The number of nitrogens with zero attached hydrogens (tertiary/aromatic N) is 6. The van der Waals surface area contributed by atoms with Crippen molar-refractivity contribution in [3.05, 3.63) is 71.8 Å². The van der Waals surface area contributed by atoms with Crippen molar-refractivity contribution in [1.82, 2.24) is 29.0 Å². The van der Waals surface area contributed by atoms with Crippen LogP contribution in [0.2, 0.25) is 0 Å². The molecule has 1 unspecified atom stereocenters. The van der Waals surface area contributed by atoms with Gasteiger partial charge in [-0.05, 0) is 49.9 Å². The van der Waals surface area contributed by atoms with E-state index < -0.39 is 5.82 Å². The van der Waals surface area contributed by atoms with Crippen LogP contribution in [-0.4, -0.2) is 53.3 Å². The molecule has 1 aromatic carbocycles. The van der Waals surface area contributed by atoms with Crippen molar-refractivity contribution in [2.75, 3.05) is 6.54 Å². The van der Waals surface area contributed by atoms with Gasteiger partial charge < -0.3 is 9.47 Å². The molecule has 4 aromatic rings. The smallest absolute Gasteiger partial charge is 0.272 e. The van der Waals surface area contributed by atoms with Crippen molar-refractivity contribution in [2.45, 2.75) is 65.0 Å². The Kier molecular flexibility index (Phi) is 7.12. The highest BCUT2D eigenvalue weighted by Gasteiger charge is 2.25. The van der Waals surface area contributed by atoms with Gasteiger partial charge in [-0.15, -0.1) is 0 Å². The van der Waals surface area contributed by atoms with Crippen LogP contribution in [0.1, 0.15) is 61.3 Å². The summed E-state index contributed by atoms with van der Waals surface area (Å²) in [5.74, 6) is -0.556. The van der Waals surface area contributed by atoms with E-state index in [4.69, 9.17) is 0 Å². The van der Waals surface area contributed by atoms with Crippen LogP contribution in [0, 0.1) is 5.82 Å². The summed E-state index contributed by atoms with van der Waals surface area (Å²) < 4.78 is 18.5. The number of carbonyl (C=O) groups is 2. The molecule has 1 atom stereocenters. The summed E-state index contributed by atoms with van der Waals surface area (Å²) >= 11 is 0. The van der Waals surface area contributed by atoms with Crippen molar-refractivity contribution < 1.29 is 14.0 Å². The predicted molar refractivity (Wildman–Crippen MR) is 138 cm³/mol. The number of hydrogen-bond donors (Lipinski definition) is 0. The number of fused-ring (bicyclic) bond motifs is 1. The second-order valence-corrected chi connectivity index (χ2v) is 9.75. The van der Waals surface area contributed by atoms with Gasteiger partial charge in [0.1, 0.15) is 11.5 Å². The monoisotopic (exact) mass is 502 g/mol. The fourth-order valence-corrected chi connectivity index (χ4v) is 5.00. The molecule has 0 saturated carbocycles. The number of likely N-dealkylation sites (tertiary alicyclic amines) is 1. The molecule has 0 spiro atoms. The molecule has 8 nitrogen and oxygen atoms in total. The molecule has 0 N–H and O–H groups in total. The van der Waals surface area contributed by atoms with E-state index in [1.807, 2.05) is 11.8 Å². The van der Waals surface area contributed by atoms with Gasteiger partial charge in [0.2, 0.25) is 0 Å². The minimum absolute atomic E-state index is 0.0365. The lowest BCUT2D eigenvalue weighted by molar-refractivity contribution is -0.119. The van der Waals surface area contributed by atoms with Crippen molar-refractivity contribution in [3.63, 3.8) is 0 Å². The van der Waals surface area contributed by atoms with E-state index in [9.17, 15) is 9.59 Å². The first kappa shape index (κ1) is 24.8. The van der Waals surface area contributed by atoms with E-state index in [2.05, 4.69) is 22.0 Å². The topological polar surface area (TPSA) is 85.4 Å². The molecule has 37 heavy (non-hydrogen) atoms. The van der Waals surface area contributed by atoms with Gasteiger partial charge in [0, 0.05) is 48.7 Å². The normalized spacial score (nSPS) is 16.2. The largest absolute Gasteiger partial charge is 0.335 e. The van der Waals surface area contributed by atoms with Crippen molar-refractivity contribution in [1.29, 1.82) is 0 Å². The number of carbonyl (C=O) groups excluding carboxylic acids is 2. The Morgan fingerprint density at radius 1 is 1.14 bits per heavy atom. The van der Waals surface area contributed by atoms with Crippen molar-refractivity contribution in [2.24, 2.45) is 0 Å². The van der Waals surface area contributed by atoms with Crippen molar-refractivity contribution >= 4 is 17.3 Å². The summed E-state index contributed by atoms with van der Waals surface area (Å²) in [5, 5.41) is 4.61. The Hall–Kier alpha value is -3.88. The molecule has 0 bridgehead atoms. The first-order valence-corrected chi connectivity index (χ1v) is 12.9. The number of amides is 1. The molecule has 3 aromatic heterocycles. The van der Waals surface area contributed by atoms with Crippen LogP contribution in [0.5, 0.6) is 0 Å². The number of rotatable bonds is 7. The predicted octanol–water partition coefficient (Wildman–Crippen LogP) is 4.51. The highest BCUT2D eigenvalue weighted by Crippen LogP contribution is 2.26. The second kappa shape index (κ2) is 10.6. The van der Waals surface area contributed by atoms with Gasteiger partial charge in [0.25, 0.3) is 5.91 Å². The number of imidazole rings is 1. The molecule has 4 heterocycles. The minimum atomic E-state index is -0.455. The molecule has 5 rings (SSSR count). The zero-order chi connectivity index (χ0) is 25.9. The Morgan fingerprint density at radius 3 is 2.76 bits per heavy atom. The van der Waals surface area contributed by atoms with Crippen LogP contribution in [0.4, 0.5) is 4.39 Å². The fourth-order valence-electron chi connectivity index (χ4n) is 5.00. The third kappa shape index (κ3) is 5.30. The van der Waals surface area contributed by atoms with E-state index in [1.165, 1.54) is 6.07 Å². The van der Waals surface area contributed by atoms with E-state index >= 15 is 4.39 Å². The molecular formula is C28H31FN6O2. The molecule has 0 aliphatic carbocycles. The average Bonchev–Trinajstić information content (AvgIpc) is 3.49. The maximum absolute atomic E-state index is 15.1.